The van der Waals surface area contributed by atoms with Crippen molar-refractivity contribution in [1.29, 1.82) is 0 Å². The lowest BCUT2D eigenvalue weighted by Gasteiger charge is -2.19. The van der Waals surface area contributed by atoms with Crippen molar-refractivity contribution < 1.29 is 22.7 Å². The maximum atomic E-state index is 12.8. The zero-order chi connectivity index (χ0) is 22.2. The summed E-state index contributed by atoms with van der Waals surface area (Å²) < 4.78 is 45.9. The maximum absolute atomic E-state index is 12.8. The summed E-state index contributed by atoms with van der Waals surface area (Å²) >= 11 is 5.92. The number of alkyl halides is 3. The van der Waals surface area contributed by atoms with E-state index >= 15 is 0 Å². The van der Waals surface area contributed by atoms with Crippen LogP contribution in [0.1, 0.15) is 40.4 Å². The molecule has 1 N–H and O–H groups in total. The largest absolute Gasteiger partial charge is 0.484 e. The molecule has 3 heterocycles. The molecule has 164 valence electrons. The first-order chi connectivity index (χ1) is 14.7. The van der Waals surface area contributed by atoms with E-state index in [-0.39, 0.29) is 12.5 Å². The number of hydrogen-bond donors (Lipinski definition) is 1. The van der Waals surface area contributed by atoms with Crippen LogP contribution in [0.3, 0.4) is 0 Å². The van der Waals surface area contributed by atoms with Gasteiger partial charge < -0.3 is 9.30 Å². The summed E-state index contributed by atoms with van der Waals surface area (Å²) in [6.07, 6.45) is -2.40. The zero-order valence-electron chi connectivity index (χ0n) is 16.2. The number of halogens is 4. The van der Waals surface area contributed by atoms with Crippen molar-refractivity contribution in [2.75, 3.05) is 13.2 Å². The molecule has 7 nitrogen and oxygen atoms in total. The fraction of sp³-hybridized carbons (Fsp3) is 0.350. The molecule has 0 radical (unpaired) electrons. The number of nitrogens with one attached hydrogen (secondary N) is 1. The van der Waals surface area contributed by atoms with Crippen LogP contribution < -0.4 is 10.9 Å². The van der Waals surface area contributed by atoms with Crippen LogP contribution >= 0.6 is 11.6 Å². The quantitative estimate of drug-likeness (QED) is 0.613. The van der Waals surface area contributed by atoms with Gasteiger partial charge in [-0.25, -0.2) is 0 Å². The molecule has 1 fully saturated rings. The summed E-state index contributed by atoms with van der Waals surface area (Å²) in [5.41, 5.74) is 0.234. The van der Waals surface area contributed by atoms with Gasteiger partial charge in [-0.2, -0.15) is 22.8 Å². The third kappa shape index (κ3) is 4.75. The Labute approximate surface area is 179 Å². The van der Waals surface area contributed by atoms with Crippen molar-refractivity contribution in [3.8, 4) is 0 Å². The molecule has 4 rings (SSSR count). The maximum Gasteiger partial charge on any atom is 0.484 e. The molecule has 2 aromatic heterocycles. The number of ether oxygens (including phenoxy) is 1. The zero-order valence-corrected chi connectivity index (χ0v) is 16.9. The van der Waals surface area contributed by atoms with E-state index in [1.165, 1.54) is 4.57 Å². The average molecular weight is 455 g/mol. The second-order valence-electron chi connectivity index (χ2n) is 7.28. The van der Waals surface area contributed by atoms with Crippen LogP contribution in [0.5, 0.6) is 0 Å². The van der Waals surface area contributed by atoms with E-state index in [0.717, 1.165) is 34.4 Å². The van der Waals surface area contributed by atoms with Crippen LogP contribution in [0.25, 0.3) is 5.65 Å². The molecule has 0 saturated carbocycles. The van der Waals surface area contributed by atoms with Crippen molar-refractivity contribution >= 4 is 23.2 Å². The fourth-order valence-electron chi connectivity index (χ4n) is 3.59. The van der Waals surface area contributed by atoms with Crippen molar-refractivity contribution in [2.45, 2.75) is 31.6 Å². The van der Waals surface area contributed by atoms with Crippen molar-refractivity contribution in [3.05, 3.63) is 68.7 Å². The smallest absolute Gasteiger partial charge is 0.381 e. The van der Waals surface area contributed by atoms with Crippen LogP contribution in [0.15, 0.2) is 41.3 Å². The van der Waals surface area contributed by atoms with E-state index in [1.54, 1.807) is 30.3 Å². The van der Waals surface area contributed by atoms with Gasteiger partial charge in [-0.3, -0.25) is 14.9 Å². The fourth-order valence-corrected chi connectivity index (χ4v) is 3.72. The Morgan fingerprint density at radius 3 is 2.55 bits per heavy atom. The van der Waals surface area contributed by atoms with E-state index < -0.39 is 23.3 Å². The minimum atomic E-state index is -4.96. The average Bonchev–Trinajstić information content (AvgIpc) is 3.17. The Bertz CT molecular complexity index is 1170. The van der Waals surface area contributed by atoms with Crippen molar-refractivity contribution in [3.63, 3.8) is 0 Å². The predicted octanol–water partition coefficient (Wildman–Crippen LogP) is 3.34. The third-order valence-corrected chi connectivity index (χ3v) is 5.37. The summed E-state index contributed by atoms with van der Waals surface area (Å²) in [5.74, 6) is -1.48. The van der Waals surface area contributed by atoms with E-state index in [9.17, 15) is 22.8 Å². The minimum Gasteiger partial charge on any atom is -0.381 e. The number of carbonyl (C=O) groups excluding carboxylic acids is 1. The van der Waals surface area contributed by atoms with Gasteiger partial charge >= 0.3 is 6.30 Å². The van der Waals surface area contributed by atoms with Crippen LogP contribution in [0.2, 0.25) is 5.02 Å². The van der Waals surface area contributed by atoms with E-state index in [0.29, 0.717) is 29.6 Å². The van der Waals surface area contributed by atoms with Gasteiger partial charge in [-0.1, -0.05) is 23.7 Å². The van der Waals surface area contributed by atoms with Crippen molar-refractivity contribution in [1.82, 2.24) is 19.5 Å². The highest BCUT2D eigenvalue weighted by Gasteiger charge is 2.32. The summed E-state index contributed by atoms with van der Waals surface area (Å²) in [6, 6.07) is 8.60. The Morgan fingerprint density at radius 1 is 1.23 bits per heavy atom. The highest BCUT2D eigenvalue weighted by molar-refractivity contribution is 6.30. The van der Waals surface area contributed by atoms with Gasteiger partial charge in [0.15, 0.2) is 0 Å². The third-order valence-electron chi connectivity index (χ3n) is 5.12. The summed E-state index contributed by atoms with van der Waals surface area (Å²) in [6.45, 7) is 1.33. The molecule has 1 aliphatic heterocycles. The topological polar surface area (TPSA) is 77.6 Å². The number of nitrogens with zero attached hydrogens (tertiary/aromatic N) is 3. The standard InChI is InChI=1S/C20H18ClF3N4O3/c21-14-3-1-12(2-4-14)10-27-11-15(18(29)25-20(22,23)24)19(30)28-17(27)9-16(26-28)13-5-7-31-8-6-13/h1-4,9,11,13H,5-8,10H2,(H,25,29). The molecule has 11 heteroatoms. The highest BCUT2D eigenvalue weighted by Crippen LogP contribution is 2.26. The number of benzene rings is 1. The Hall–Kier alpha value is -2.85. The SMILES string of the molecule is O=C(NC(F)(F)F)c1cn(Cc2ccc(Cl)cc2)c2cc(C3CCOCC3)nn2c1=O. The lowest BCUT2D eigenvalue weighted by atomic mass is 9.97. The summed E-state index contributed by atoms with van der Waals surface area (Å²) in [4.78, 5) is 25.0. The molecule has 31 heavy (non-hydrogen) atoms. The first-order valence-corrected chi connectivity index (χ1v) is 9.93. The van der Waals surface area contributed by atoms with E-state index in [2.05, 4.69) is 5.10 Å². The highest BCUT2D eigenvalue weighted by atomic mass is 35.5. The van der Waals surface area contributed by atoms with Gasteiger partial charge in [-0.15, -0.1) is 0 Å². The molecule has 0 spiro atoms. The second kappa shape index (κ2) is 8.35. The van der Waals surface area contributed by atoms with Crippen LogP contribution in [-0.4, -0.2) is 39.6 Å². The lowest BCUT2D eigenvalue weighted by molar-refractivity contribution is -0.146. The Morgan fingerprint density at radius 2 is 1.90 bits per heavy atom. The molecule has 0 bridgehead atoms. The minimum absolute atomic E-state index is 0.0597. The van der Waals surface area contributed by atoms with Crippen LogP contribution in [0, 0.1) is 0 Å². The van der Waals surface area contributed by atoms with Gasteiger partial charge in [0.2, 0.25) is 0 Å². The Balaban J connectivity index is 1.82. The molecular formula is C20H18ClF3N4O3. The number of carbonyl (C=O) groups is 1. The summed E-state index contributed by atoms with van der Waals surface area (Å²) in [5, 5.41) is 5.75. The molecule has 0 unspecified atom stereocenters. The lowest BCUT2D eigenvalue weighted by Crippen LogP contribution is -2.41. The summed E-state index contributed by atoms with van der Waals surface area (Å²) in [7, 11) is 0. The monoisotopic (exact) mass is 454 g/mol. The second-order valence-corrected chi connectivity index (χ2v) is 7.72. The number of aromatic nitrogens is 3. The molecule has 0 aliphatic carbocycles. The first-order valence-electron chi connectivity index (χ1n) is 9.56. The molecular weight excluding hydrogens is 437 g/mol. The van der Waals surface area contributed by atoms with E-state index in [1.807, 2.05) is 0 Å². The van der Waals surface area contributed by atoms with E-state index in [4.69, 9.17) is 16.3 Å². The molecule has 1 aromatic carbocycles. The molecule has 1 aliphatic rings. The molecule has 0 atom stereocenters. The number of fused-ring (bicyclic) bond motifs is 1. The number of hydrogen-bond acceptors (Lipinski definition) is 4. The molecule has 3 aromatic rings. The Kier molecular flexibility index (Phi) is 5.76. The normalized spacial score (nSPS) is 15.4. The van der Waals surface area contributed by atoms with Crippen molar-refractivity contribution in [2.24, 2.45) is 0 Å². The number of rotatable bonds is 4. The number of amides is 1. The van der Waals surface area contributed by atoms with Gasteiger partial charge in [0, 0.05) is 43.0 Å². The van der Waals surface area contributed by atoms with Gasteiger partial charge in [0.05, 0.1) is 5.69 Å². The van der Waals surface area contributed by atoms with Gasteiger partial charge in [0.1, 0.15) is 11.2 Å². The molecule has 1 amide bonds. The molecule has 1 saturated heterocycles. The van der Waals surface area contributed by atoms with Gasteiger partial charge in [-0.05, 0) is 30.5 Å². The first kappa shape index (κ1) is 21.4. The van der Waals surface area contributed by atoms with Crippen LogP contribution in [0.4, 0.5) is 13.2 Å². The van der Waals surface area contributed by atoms with Gasteiger partial charge in [0.25, 0.3) is 11.5 Å². The van der Waals surface area contributed by atoms with Crippen LogP contribution in [-0.2, 0) is 11.3 Å². The predicted molar refractivity (Wildman–Crippen MR) is 106 cm³/mol.